The Morgan fingerprint density at radius 2 is 2.21 bits per heavy atom. The quantitative estimate of drug-likeness (QED) is 0.668. The molecule has 1 aromatic heterocycles. The largest absolute Gasteiger partial charge is 0.480 e. The summed E-state index contributed by atoms with van der Waals surface area (Å²) in [6.07, 6.45) is 2.33. The minimum absolute atomic E-state index is 0.324. The van der Waals surface area contributed by atoms with E-state index in [1.807, 2.05) is 10.8 Å². The van der Waals surface area contributed by atoms with E-state index in [2.05, 4.69) is 10.3 Å². The molecule has 1 aliphatic heterocycles. The molecule has 8 nitrogen and oxygen atoms in total. The van der Waals surface area contributed by atoms with Gasteiger partial charge in [0.2, 0.25) is 0 Å². The first kappa shape index (κ1) is 13.3. The van der Waals surface area contributed by atoms with Crippen LogP contribution in [0.4, 0.5) is 4.79 Å². The Morgan fingerprint density at radius 3 is 2.84 bits per heavy atom. The van der Waals surface area contributed by atoms with Crippen LogP contribution in [-0.4, -0.2) is 55.4 Å². The monoisotopic (exact) mass is 268 g/mol. The number of carbonyl (C=O) groups excluding carboxylic acids is 1. The second-order valence-corrected chi connectivity index (χ2v) is 4.46. The van der Waals surface area contributed by atoms with Crippen molar-refractivity contribution in [3.05, 3.63) is 18.2 Å². The summed E-state index contributed by atoms with van der Waals surface area (Å²) in [6.45, 7) is 2.74. The van der Waals surface area contributed by atoms with E-state index in [4.69, 9.17) is 5.11 Å². The molecule has 0 saturated carbocycles. The van der Waals surface area contributed by atoms with Gasteiger partial charge in [0.25, 0.3) is 0 Å². The Bertz CT molecular complexity index is 485. The second kappa shape index (κ2) is 5.27. The maximum Gasteiger partial charge on any atom is 0.328 e. The molecule has 0 saturated heterocycles. The fourth-order valence-electron chi connectivity index (χ4n) is 1.96. The lowest BCUT2D eigenvalue weighted by atomic mass is 10.2. The van der Waals surface area contributed by atoms with Crippen LogP contribution in [0.25, 0.3) is 0 Å². The van der Waals surface area contributed by atoms with Crippen LogP contribution in [0.1, 0.15) is 12.7 Å². The third-order valence-corrected chi connectivity index (χ3v) is 3.06. The maximum absolute atomic E-state index is 12.0. The van der Waals surface area contributed by atoms with E-state index < -0.39 is 24.1 Å². The lowest BCUT2D eigenvalue weighted by Gasteiger charge is -2.29. The molecular weight excluding hydrogens is 252 g/mol. The number of aliphatic hydroxyl groups is 1. The number of carboxylic acid groups (broad SMARTS) is 1. The van der Waals surface area contributed by atoms with Crippen LogP contribution in [0, 0.1) is 0 Å². The number of urea groups is 1. The Kier molecular flexibility index (Phi) is 3.70. The summed E-state index contributed by atoms with van der Waals surface area (Å²) in [5.74, 6) is -0.507. The molecule has 104 valence electrons. The third-order valence-electron chi connectivity index (χ3n) is 3.06. The van der Waals surface area contributed by atoms with Crippen molar-refractivity contribution in [3.63, 3.8) is 0 Å². The lowest BCUT2D eigenvalue weighted by Crippen LogP contribution is -2.53. The average Bonchev–Trinajstić information content (AvgIpc) is 2.81. The van der Waals surface area contributed by atoms with E-state index in [0.717, 1.165) is 5.82 Å². The van der Waals surface area contributed by atoms with Crippen molar-refractivity contribution >= 4 is 12.0 Å². The van der Waals surface area contributed by atoms with Gasteiger partial charge in [-0.2, -0.15) is 0 Å². The Morgan fingerprint density at radius 1 is 1.47 bits per heavy atom. The minimum Gasteiger partial charge on any atom is -0.480 e. The number of nitrogens with zero attached hydrogens (tertiary/aromatic N) is 3. The number of fused-ring (bicyclic) bond motifs is 1. The molecule has 2 rings (SSSR count). The van der Waals surface area contributed by atoms with Crippen LogP contribution in [0.15, 0.2) is 12.4 Å². The number of nitrogens with one attached hydrogen (secondary N) is 1. The fraction of sp³-hybridized carbons (Fsp3) is 0.545. The van der Waals surface area contributed by atoms with Crippen LogP contribution in [0.5, 0.6) is 0 Å². The highest BCUT2D eigenvalue weighted by Gasteiger charge is 2.28. The van der Waals surface area contributed by atoms with Gasteiger partial charge in [0, 0.05) is 25.5 Å². The van der Waals surface area contributed by atoms with Crippen molar-refractivity contribution in [1.82, 2.24) is 19.8 Å². The number of aromatic nitrogens is 2. The molecule has 0 spiro atoms. The van der Waals surface area contributed by atoms with Gasteiger partial charge >= 0.3 is 12.0 Å². The van der Waals surface area contributed by atoms with Crippen molar-refractivity contribution in [2.24, 2.45) is 0 Å². The molecule has 1 aliphatic rings. The Hall–Kier alpha value is -2.09. The summed E-state index contributed by atoms with van der Waals surface area (Å²) in [6, 6.07) is -1.82. The van der Waals surface area contributed by atoms with Crippen LogP contribution in [0.3, 0.4) is 0 Å². The van der Waals surface area contributed by atoms with Crippen molar-refractivity contribution in [1.29, 1.82) is 0 Å². The van der Waals surface area contributed by atoms with Crippen molar-refractivity contribution in [3.8, 4) is 0 Å². The second-order valence-electron chi connectivity index (χ2n) is 4.46. The number of aliphatic hydroxyl groups excluding tert-OH is 1. The van der Waals surface area contributed by atoms with Crippen LogP contribution in [0.2, 0.25) is 0 Å². The topological polar surface area (TPSA) is 108 Å². The standard InChI is InChI=1S/C11H16N4O4/c1-7(16)9(10(17)18)13-11(19)15-5-4-14-3-2-12-8(14)6-15/h2-3,7,9,16H,4-6H2,1H3,(H,13,19)(H,17,18)/t7-,9+/m1/s1. The summed E-state index contributed by atoms with van der Waals surface area (Å²) in [5.41, 5.74) is 0. The van der Waals surface area contributed by atoms with Gasteiger partial charge in [-0.05, 0) is 6.92 Å². The molecule has 0 bridgehead atoms. The zero-order valence-electron chi connectivity index (χ0n) is 10.5. The molecule has 2 amide bonds. The smallest absolute Gasteiger partial charge is 0.328 e. The number of rotatable bonds is 3. The zero-order valence-corrected chi connectivity index (χ0v) is 10.5. The lowest BCUT2D eigenvalue weighted by molar-refractivity contribution is -0.141. The highest BCUT2D eigenvalue weighted by atomic mass is 16.4. The predicted molar refractivity (Wildman–Crippen MR) is 64.3 cm³/mol. The number of carboxylic acids is 1. The van der Waals surface area contributed by atoms with Gasteiger partial charge in [0.15, 0.2) is 6.04 Å². The van der Waals surface area contributed by atoms with E-state index in [1.54, 1.807) is 6.20 Å². The summed E-state index contributed by atoms with van der Waals surface area (Å²) in [7, 11) is 0. The summed E-state index contributed by atoms with van der Waals surface area (Å²) >= 11 is 0. The summed E-state index contributed by atoms with van der Waals surface area (Å²) in [4.78, 5) is 28.4. The highest BCUT2D eigenvalue weighted by molar-refractivity contribution is 5.83. The number of hydrogen-bond donors (Lipinski definition) is 3. The van der Waals surface area contributed by atoms with Crippen LogP contribution in [-0.2, 0) is 17.9 Å². The maximum atomic E-state index is 12.0. The fourth-order valence-corrected chi connectivity index (χ4v) is 1.96. The van der Waals surface area contributed by atoms with Gasteiger partial charge < -0.3 is 25.0 Å². The van der Waals surface area contributed by atoms with Crippen molar-refractivity contribution in [2.75, 3.05) is 6.54 Å². The first-order valence-corrected chi connectivity index (χ1v) is 5.95. The zero-order chi connectivity index (χ0) is 14.0. The first-order valence-electron chi connectivity index (χ1n) is 5.95. The van der Waals surface area contributed by atoms with Crippen molar-refractivity contribution in [2.45, 2.75) is 32.2 Å². The Labute approximate surface area is 109 Å². The molecule has 1 aromatic rings. The minimum atomic E-state index is -1.31. The molecule has 8 heteroatoms. The molecule has 0 fully saturated rings. The van der Waals surface area contributed by atoms with E-state index >= 15 is 0 Å². The van der Waals surface area contributed by atoms with Gasteiger partial charge in [-0.15, -0.1) is 0 Å². The van der Waals surface area contributed by atoms with Gasteiger partial charge in [0.05, 0.1) is 12.6 Å². The molecule has 2 heterocycles. The number of hydrogen-bond acceptors (Lipinski definition) is 4. The Balaban J connectivity index is 2.00. The number of imidazole rings is 1. The van der Waals surface area contributed by atoms with Crippen LogP contribution < -0.4 is 5.32 Å². The molecule has 0 radical (unpaired) electrons. The van der Waals surface area contributed by atoms with E-state index in [9.17, 15) is 14.7 Å². The average molecular weight is 268 g/mol. The highest BCUT2D eigenvalue weighted by Crippen LogP contribution is 2.10. The third kappa shape index (κ3) is 2.84. The summed E-state index contributed by atoms with van der Waals surface area (Å²) < 4.78 is 1.94. The molecule has 0 aromatic carbocycles. The number of carbonyl (C=O) groups is 2. The van der Waals surface area contributed by atoms with Gasteiger partial charge in [-0.1, -0.05) is 0 Å². The first-order chi connectivity index (χ1) is 8.99. The van der Waals surface area contributed by atoms with E-state index in [-0.39, 0.29) is 0 Å². The van der Waals surface area contributed by atoms with Gasteiger partial charge in [0.1, 0.15) is 5.82 Å². The predicted octanol–water partition coefficient (Wildman–Crippen LogP) is -0.758. The SMILES string of the molecule is C[C@@H](O)[C@H](NC(=O)N1CCn2ccnc2C1)C(=O)O. The molecule has 0 aliphatic carbocycles. The van der Waals surface area contributed by atoms with E-state index in [1.165, 1.54) is 11.8 Å². The summed E-state index contributed by atoms with van der Waals surface area (Å²) in [5, 5.41) is 20.5. The normalized spacial score (nSPS) is 17.5. The van der Waals surface area contributed by atoms with Crippen LogP contribution >= 0.6 is 0 Å². The molecule has 0 unspecified atom stereocenters. The number of aliphatic carboxylic acids is 1. The molecule has 19 heavy (non-hydrogen) atoms. The molecule has 2 atom stereocenters. The van der Waals surface area contributed by atoms with Gasteiger partial charge in [-0.3, -0.25) is 0 Å². The van der Waals surface area contributed by atoms with Gasteiger partial charge in [-0.25, -0.2) is 14.6 Å². The van der Waals surface area contributed by atoms with E-state index in [0.29, 0.717) is 19.6 Å². The number of amides is 2. The molecular formula is C11H16N4O4. The molecule has 3 N–H and O–H groups in total. The van der Waals surface area contributed by atoms with Crippen molar-refractivity contribution < 1.29 is 19.8 Å².